The number of amides is 1. The minimum atomic E-state index is -0.645. The fourth-order valence-corrected chi connectivity index (χ4v) is 3.38. The van der Waals surface area contributed by atoms with E-state index in [-0.39, 0.29) is 11.8 Å². The SMILES string of the molecule is C#CC[C@H]1C(=O)N(C)C(N)N[C@]1(C)c1cccc(-c2cccnc2)c1. The Morgan fingerprint density at radius 3 is 2.80 bits per heavy atom. The summed E-state index contributed by atoms with van der Waals surface area (Å²) in [7, 11) is 1.69. The summed E-state index contributed by atoms with van der Waals surface area (Å²) in [4.78, 5) is 18.5. The quantitative estimate of drug-likeness (QED) is 0.841. The number of hydrogen-bond acceptors (Lipinski definition) is 4. The van der Waals surface area contributed by atoms with Crippen LogP contribution in [0.3, 0.4) is 0 Å². The number of aromatic nitrogens is 1. The summed E-state index contributed by atoms with van der Waals surface area (Å²) >= 11 is 0. The standard InChI is InChI=1S/C20H22N4O/c1-4-7-17-18(25)24(3)19(21)23-20(17,2)16-10-5-8-14(12-16)15-9-6-11-22-13-15/h1,5-6,8-13,17,19,23H,7,21H2,2-3H3/t17-,19?,20+/m0/s1. The van der Waals surface area contributed by atoms with E-state index in [1.807, 2.05) is 43.5 Å². The fraction of sp³-hybridized carbons (Fsp3) is 0.300. The second-order valence-electron chi connectivity index (χ2n) is 6.52. The molecule has 0 spiro atoms. The molecule has 3 atom stereocenters. The van der Waals surface area contributed by atoms with Gasteiger partial charge in [-0.15, -0.1) is 12.3 Å². The zero-order chi connectivity index (χ0) is 18.0. The van der Waals surface area contributed by atoms with Crippen LogP contribution in [0.15, 0.2) is 48.8 Å². The van der Waals surface area contributed by atoms with Gasteiger partial charge in [0.1, 0.15) is 6.29 Å². The molecule has 1 unspecified atom stereocenters. The molecule has 0 bridgehead atoms. The topological polar surface area (TPSA) is 71.2 Å². The van der Waals surface area contributed by atoms with Crippen LogP contribution in [0.5, 0.6) is 0 Å². The van der Waals surface area contributed by atoms with Gasteiger partial charge >= 0.3 is 0 Å². The van der Waals surface area contributed by atoms with Crippen LogP contribution in [0.25, 0.3) is 11.1 Å². The molecular formula is C20H22N4O. The summed E-state index contributed by atoms with van der Waals surface area (Å²) in [5.74, 6) is 2.21. The number of pyridine rings is 1. The lowest BCUT2D eigenvalue weighted by atomic mass is 9.75. The highest BCUT2D eigenvalue weighted by atomic mass is 16.2. The molecule has 5 nitrogen and oxygen atoms in total. The number of terminal acetylenes is 1. The van der Waals surface area contributed by atoms with Gasteiger partial charge in [-0.25, -0.2) is 0 Å². The molecular weight excluding hydrogens is 312 g/mol. The largest absolute Gasteiger partial charge is 0.317 e. The van der Waals surface area contributed by atoms with Gasteiger partial charge in [-0.05, 0) is 35.7 Å². The lowest BCUT2D eigenvalue weighted by molar-refractivity contribution is -0.146. The highest BCUT2D eigenvalue weighted by Crippen LogP contribution is 2.37. The van der Waals surface area contributed by atoms with Crippen LogP contribution in [0.2, 0.25) is 0 Å². The van der Waals surface area contributed by atoms with E-state index in [4.69, 9.17) is 12.2 Å². The third-order valence-electron chi connectivity index (χ3n) is 4.99. The predicted octanol–water partition coefficient (Wildman–Crippen LogP) is 1.91. The number of rotatable bonds is 3. The highest BCUT2D eigenvalue weighted by molar-refractivity contribution is 5.82. The number of hydrogen-bond donors (Lipinski definition) is 2. The number of nitrogens with one attached hydrogen (secondary N) is 1. The third kappa shape index (κ3) is 3.02. The van der Waals surface area contributed by atoms with Gasteiger partial charge in [0.2, 0.25) is 5.91 Å². The van der Waals surface area contributed by atoms with Crippen molar-refractivity contribution in [2.45, 2.75) is 25.2 Å². The van der Waals surface area contributed by atoms with Crippen LogP contribution < -0.4 is 11.1 Å². The number of carbonyl (C=O) groups is 1. The van der Waals surface area contributed by atoms with Gasteiger partial charge in [0, 0.05) is 25.9 Å². The smallest absolute Gasteiger partial charge is 0.230 e. The van der Waals surface area contributed by atoms with E-state index >= 15 is 0 Å². The second kappa shape index (κ2) is 6.67. The number of benzene rings is 1. The second-order valence-corrected chi connectivity index (χ2v) is 6.52. The molecule has 1 aromatic heterocycles. The Morgan fingerprint density at radius 1 is 1.36 bits per heavy atom. The van der Waals surface area contributed by atoms with Crippen molar-refractivity contribution in [3.63, 3.8) is 0 Å². The van der Waals surface area contributed by atoms with Crippen molar-refractivity contribution in [2.24, 2.45) is 11.7 Å². The minimum absolute atomic E-state index is 0.0431. The van der Waals surface area contributed by atoms with Crippen molar-refractivity contribution in [2.75, 3.05) is 7.05 Å². The summed E-state index contributed by atoms with van der Waals surface area (Å²) < 4.78 is 0. The lowest BCUT2D eigenvalue weighted by Gasteiger charge is -2.48. The zero-order valence-corrected chi connectivity index (χ0v) is 14.4. The summed E-state index contributed by atoms with van der Waals surface area (Å²) in [5, 5.41) is 3.37. The maximum atomic E-state index is 12.8. The Balaban J connectivity index is 2.06. The van der Waals surface area contributed by atoms with Gasteiger partial charge < -0.3 is 4.90 Å². The van der Waals surface area contributed by atoms with Crippen LogP contribution in [0.1, 0.15) is 18.9 Å². The van der Waals surface area contributed by atoms with Crippen molar-refractivity contribution in [1.82, 2.24) is 15.2 Å². The molecule has 1 amide bonds. The van der Waals surface area contributed by atoms with Gasteiger partial charge in [-0.2, -0.15) is 0 Å². The van der Waals surface area contributed by atoms with E-state index in [2.05, 4.69) is 22.3 Å². The molecule has 2 heterocycles. The molecule has 1 aromatic carbocycles. The van der Waals surface area contributed by atoms with Gasteiger partial charge in [0.15, 0.2) is 0 Å². The van der Waals surface area contributed by atoms with Gasteiger partial charge in [0.25, 0.3) is 0 Å². The lowest BCUT2D eigenvalue weighted by Crippen LogP contribution is -2.69. The third-order valence-corrected chi connectivity index (χ3v) is 4.99. The van der Waals surface area contributed by atoms with Crippen molar-refractivity contribution >= 4 is 5.91 Å². The number of nitrogens with zero attached hydrogens (tertiary/aromatic N) is 2. The molecule has 25 heavy (non-hydrogen) atoms. The molecule has 0 saturated carbocycles. The van der Waals surface area contributed by atoms with E-state index in [0.29, 0.717) is 6.42 Å². The van der Waals surface area contributed by atoms with E-state index in [1.54, 1.807) is 13.2 Å². The first kappa shape index (κ1) is 17.2. The molecule has 1 aliphatic rings. The van der Waals surface area contributed by atoms with Gasteiger partial charge in [-0.1, -0.05) is 24.3 Å². The molecule has 0 aliphatic carbocycles. The van der Waals surface area contributed by atoms with Crippen LogP contribution >= 0.6 is 0 Å². The molecule has 1 saturated heterocycles. The zero-order valence-electron chi connectivity index (χ0n) is 14.4. The van der Waals surface area contributed by atoms with Crippen molar-refractivity contribution in [3.05, 3.63) is 54.4 Å². The Hall–Kier alpha value is -2.68. The molecule has 3 rings (SSSR count). The molecule has 3 N–H and O–H groups in total. The van der Waals surface area contributed by atoms with Gasteiger partial charge in [-0.3, -0.25) is 20.8 Å². The van der Waals surface area contributed by atoms with Crippen LogP contribution in [-0.4, -0.2) is 29.1 Å². The summed E-state index contributed by atoms with van der Waals surface area (Å²) in [6.45, 7) is 1.99. The first-order chi connectivity index (χ1) is 12.0. The maximum absolute atomic E-state index is 12.8. The number of nitrogens with two attached hydrogens (primary N) is 1. The molecule has 1 fully saturated rings. The van der Waals surface area contributed by atoms with E-state index in [9.17, 15) is 4.79 Å². The molecule has 2 aromatic rings. The molecule has 5 heteroatoms. The highest BCUT2D eigenvalue weighted by Gasteiger charge is 2.47. The van der Waals surface area contributed by atoms with Gasteiger partial charge in [0.05, 0.1) is 11.5 Å². The predicted molar refractivity (Wildman–Crippen MR) is 97.8 cm³/mol. The van der Waals surface area contributed by atoms with Crippen LogP contribution in [0, 0.1) is 18.3 Å². The Labute approximate surface area is 148 Å². The van der Waals surface area contributed by atoms with Crippen molar-refractivity contribution in [1.29, 1.82) is 0 Å². The maximum Gasteiger partial charge on any atom is 0.230 e. The normalized spacial score (nSPS) is 26.3. The van der Waals surface area contributed by atoms with E-state index in [0.717, 1.165) is 16.7 Å². The van der Waals surface area contributed by atoms with Crippen molar-refractivity contribution in [3.8, 4) is 23.5 Å². The Morgan fingerprint density at radius 2 is 2.12 bits per heavy atom. The van der Waals surface area contributed by atoms with E-state index in [1.165, 1.54) is 4.90 Å². The Bertz CT molecular complexity index is 814. The average molecular weight is 334 g/mol. The summed E-state index contributed by atoms with van der Waals surface area (Å²) in [5.41, 5.74) is 8.51. The average Bonchev–Trinajstić information content (AvgIpc) is 2.64. The first-order valence-electron chi connectivity index (χ1n) is 8.21. The van der Waals surface area contributed by atoms with Crippen molar-refractivity contribution < 1.29 is 4.79 Å². The van der Waals surface area contributed by atoms with Crippen LogP contribution in [-0.2, 0) is 10.3 Å². The fourth-order valence-electron chi connectivity index (χ4n) is 3.38. The monoisotopic (exact) mass is 334 g/mol. The van der Waals surface area contributed by atoms with Crippen LogP contribution in [0.4, 0.5) is 0 Å². The summed E-state index contributed by atoms with van der Waals surface area (Å²) in [6.07, 6.45) is 8.88. The molecule has 1 aliphatic heterocycles. The number of carbonyl (C=O) groups excluding carboxylic acids is 1. The minimum Gasteiger partial charge on any atom is -0.317 e. The Kier molecular flexibility index (Phi) is 4.58. The first-order valence-corrected chi connectivity index (χ1v) is 8.21. The molecule has 128 valence electrons. The summed E-state index contributed by atoms with van der Waals surface area (Å²) in [6, 6.07) is 12.0. The van der Waals surface area contributed by atoms with E-state index < -0.39 is 11.8 Å². The molecule has 0 radical (unpaired) electrons.